The monoisotopic (exact) mass is 401 g/mol. The third-order valence-electron chi connectivity index (χ3n) is 5.10. The van der Waals surface area contributed by atoms with Crippen LogP contribution in [0.25, 0.3) is 0 Å². The zero-order valence-electron chi connectivity index (χ0n) is 16.3. The molecule has 29 heavy (non-hydrogen) atoms. The van der Waals surface area contributed by atoms with Gasteiger partial charge in [-0.2, -0.15) is 0 Å². The first-order valence-electron chi connectivity index (χ1n) is 9.65. The zero-order chi connectivity index (χ0) is 20.2. The Morgan fingerprint density at radius 2 is 1.72 bits per heavy atom. The topological polar surface area (TPSA) is 44.4 Å². The summed E-state index contributed by atoms with van der Waals surface area (Å²) < 4.78 is 0. The zero-order valence-corrected chi connectivity index (χ0v) is 17.1. The van der Waals surface area contributed by atoms with E-state index in [1.54, 1.807) is 0 Å². The molecule has 0 spiro atoms. The Morgan fingerprint density at radius 3 is 2.48 bits per heavy atom. The fraction of sp³-hybridized carbons (Fsp3) is 0.167. The van der Waals surface area contributed by atoms with E-state index >= 15 is 0 Å². The number of aryl methyl sites for hydroxylation is 1. The molecule has 1 aliphatic rings. The largest absolute Gasteiger partial charge is 0.358 e. The van der Waals surface area contributed by atoms with Crippen LogP contribution in [0.4, 0.5) is 5.69 Å². The minimum atomic E-state index is -0.151. The lowest BCUT2D eigenvalue weighted by molar-refractivity contribution is -0.116. The van der Waals surface area contributed by atoms with Crippen LogP contribution in [-0.2, 0) is 11.3 Å². The van der Waals surface area contributed by atoms with Crippen LogP contribution in [-0.4, -0.2) is 22.5 Å². The van der Waals surface area contributed by atoms with Crippen LogP contribution in [0.2, 0.25) is 0 Å². The summed E-state index contributed by atoms with van der Waals surface area (Å²) in [5.41, 5.74) is 5.30. The molecular weight excluding hydrogens is 378 g/mol. The van der Waals surface area contributed by atoms with E-state index in [1.165, 1.54) is 5.56 Å². The van der Waals surface area contributed by atoms with E-state index in [9.17, 15) is 4.79 Å². The van der Waals surface area contributed by atoms with Gasteiger partial charge in [0.15, 0.2) is 5.11 Å². The molecule has 1 aliphatic heterocycles. The van der Waals surface area contributed by atoms with Gasteiger partial charge in [0.25, 0.3) is 0 Å². The maximum atomic E-state index is 12.6. The van der Waals surface area contributed by atoms with E-state index in [4.69, 9.17) is 12.2 Å². The number of benzene rings is 3. The molecule has 0 fully saturated rings. The second kappa shape index (κ2) is 8.45. The first-order chi connectivity index (χ1) is 14.1. The van der Waals surface area contributed by atoms with Gasteiger partial charge in [-0.05, 0) is 36.3 Å². The number of carbonyl (C=O) groups excluding carboxylic acids is 1. The molecule has 146 valence electrons. The first-order valence-corrected chi connectivity index (χ1v) is 10.1. The number of nitrogens with zero attached hydrogens (tertiary/aromatic N) is 1. The van der Waals surface area contributed by atoms with E-state index in [0.717, 1.165) is 22.4 Å². The van der Waals surface area contributed by atoms with Crippen molar-refractivity contribution in [1.82, 2.24) is 10.2 Å². The molecule has 3 aromatic carbocycles. The summed E-state index contributed by atoms with van der Waals surface area (Å²) in [6, 6.07) is 26.3. The summed E-state index contributed by atoms with van der Waals surface area (Å²) in [4.78, 5) is 14.6. The van der Waals surface area contributed by atoms with Crippen molar-refractivity contribution < 1.29 is 4.79 Å². The van der Waals surface area contributed by atoms with Crippen molar-refractivity contribution in [3.05, 3.63) is 101 Å². The third-order valence-corrected chi connectivity index (χ3v) is 5.47. The van der Waals surface area contributed by atoms with Gasteiger partial charge in [-0.25, -0.2) is 0 Å². The van der Waals surface area contributed by atoms with Crippen molar-refractivity contribution in [3.8, 4) is 0 Å². The molecule has 0 radical (unpaired) electrons. The third kappa shape index (κ3) is 4.30. The SMILES string of the molecule is Cc1ccc([C@H]2c3ccccc3NC(=O)CN2C(=S)NCc2ccccc2)cc1. The number of nitrogens with one attached hydrogen (secondary N) is 2. The molecule has 0 saturated heterocycles. The van der Waals surface area contributed by atoms with Gasteiger partial charge in [-0.3, -0.25) is 4.79 Å². The quantitative estimate of drug-likeness (QED) is 0.638. The van der Waals surface area contributed by atoms with Crippen molar-refractivity contribution in [2.75, 3.05) is 11.9 Å². The number of para-hydroxylation sites is 1. The lowest BCUT2D eigenvalue weighted by Crippen LogP contribution is -2.44. The highest BCUT2D eigenvalue weighted by atomic mass is 32.1. The molecule has 1 atom stereocenters. The van der Waals surface area contributed by atoms with Crippen molar-refractivity contribution in [2.24, 2.45) is 0 Å². The molecule has 1 heterocycles. The first kappa shape index (κ1) is 19.2. The van der Waals surface area contributed by atoms with E-state index in [-0.39, 0.29) is 18.5 Å². The summed E-state index contributed by atoms with van der Waals surface area (Å²) >= 11 is 5.75. The van der Waals surface area contributed by atoms with Crippen LogP contribution in [0.1, 0.15) is 28.3 Å². The number of rotatable bonds is 3. The summed E-state index contributed by atoms with van der Waals surface area (Å²) in [5.74, 6) is -0.0732. The van der Waals surface area contributed by atoms with Crippen LogP contribution < -0.4 is 10.6 Å². The van der Waals surface area contributed by atoms with Gasteiger partial charge >= 0.3 is 0 Å². The number of fused-ring (bicyclic) bond motifs is 1. The molecule has 0 bridgehead atoms. The maximum Gasteiger partial charge on any atom is 0.244 e. The van der Waals surface area contributed by atoms with Gasteiger partial charge in [-0.15, -0.1) is 0 Å². The average Bonchev–Trinajstić information content (AvgIpc) is 2.89. The standard InChI is InChI=1S/C24H23N3OS/c1-17-11-13-19(14-12-17)23-20-9-5-6-10-21(20)26-22(28)16-27(23)24(29)25-15-18-7-3-2-4-8-18/h2-14,23H,15-16H2,1H3,(H,25,29)(H,26,28)/t23-/m0/s1. The van der Waals surface area contributed by atoms with Crippen LogP contribution in [0.15, 0.2) is 78.9 Å². The summed E-state index contributed by atoms with van der Waals surface area (Å²) in [7, 11) is 0. The fourth-order valence-corrected chi connectivity index (χ4v) is 3.87. The van der Waals surface area contributed by atoms with Gasteiger partial charge in [0.2, 0.25) is 5.91 Å². The molecule has 4 rings (SSSR count). The fourth-order valence-electron chi connectivity index (χ4n) is 3.63. The van der Waals surface area contributed by atoms with Gasteiger partial charge in [-0.1, -0.05) is 78.4 Å². The minimum absolute atomic E-state index is 0.0732. The Bertz CT molecular complexity index is 1020. The molecule has 4 nitrogen and oxygen atoms in total. The highest BCUT2D eigenvalue weighted by molar-refractivity contribution is 7.80. The molecule has 2 N–H and O–H groups in total. The van der Waals surface area contributed by atoms with E-state index in [0.29, 0.717) is 11.7 Å². The Morgan fingerprint density at radius 1 is 1.03 bits per heavy atom. The molecule has 0 unspecified atom stereocenters. The van der Waals surface area contributed by atoms with Crippen LogP contribution >= 0.6 is 12.2 Å². The lowest BCUT2D eigenvalue weighted by Gasteiger charge is -2.33. The van der Waals surface area contributed by atoms with E-state index < -0.39 is 0 Å². The molecule has 5 heteroatoms. The smallest absolute Gasteiger partial charge is 0.244 e. The van der Waals surface area contributed by atoms with Crippen LogP contribution in [0.5, 0.6) is 0 Å². The van der Waals surface area contributed by atoms with Gasteiger partial charge in [0.1, 0.15) is 6.54 Å². The molecule has 3 aromatic rings. The van der Waals surface area contributed by atoms with Gasteiger partial charge in [0, 0.05) is 17.8 Å². The number of thiocarbonyl (C=S) groups is 1. The number of anilines is 1. The number of amides is 1. The summed E-state index contributed by atoms with van der Waals surface area (Å²) in [5, 5.41) is 6.92. The Labute approximate surface area is 176 Å². The molecule has 0 saturated carbocycles. The summed E-state index contributed by atoms with van der Waals surface area (Å²) in [6.45, 7) is 2.87. The normalized spacial score (nSPS) is 15.8. The minimum Gasteiger partial charge on any atom is -0.358 e. The average molecular weight is 402 g/mol. The van der Waals surface area contributed by atoms with E-state index in [2.05, 4.69) is 60.0 Å². The second-order valence-corrected chi connectivity index (χ2v) is 7.61. The van der Waals surface area contributed by atoms with Crippen molar-refractivity contribution in [3.63, 3.8) is 0 Å². The van der Waals surface area contributed by atoms with Gasteiger partial charge < -0.3 is 15.5 Å². The molecule has 1 amide bonds. The van der Waals surface area contributed by atoms with Crippen molar-refractivity contribution in [2.45, 2.75) is 19.5 Å². The van der Waals surface area contributed by atoms with Crippen molar-refractivity contribution in [1.29, 1.82) is 0 Å². The molecular formula is C24H23N3OS. The highest BCUT2D eigenvalue weighted by Crippen LogP contribution is 2.35. The lowest BCUT2D eigenvalue weighted by atomic mass is 9.95. The van der Waals surface area contributed by atoms with Crippen LogP contribution in [0.3, 0.4) is 0 Å². The molecule has 0 aromatic heterocycles. The highest BCUT2D eigenvalue weighted by Gasteiger charge is 2.31. The number of hydrogen-bond donors (Lipinski definition) is 2. The Kier molecular flexibility index (Phi) is 5.58. The Balaban J connectivity index is 1.69. The molecule has 0 aliphatic carbocycles. The van der Waals surface area contributed by atoms with E-state index in [1.807, 2.05) is 41.3 Å². The van der Waals surface area contributed by atoms with Crippen molar-refractivity contribution >= 4 is 28.9 Å². The number of carbonyl (C=O) groups is 1. The predicted octanol–water partition coefficient (Wildman–Crippen LogP) is 4.41. The van der Waals surface area contributed by atoms with Crippen LogP contribution in [0, 0.1) is 6.92 Å². The Hall–Kier alpha value is -3.18. The maximum absolute atomic E-state index is 12.6. The van der Waals surface area contributed by atoms with Gasteiger partial charge in [0.05, 0.1) is 6.04 Å². The predicted molar refractivity (Wildman–Crippen MR) is 121 cm³/mol. The second-order valence-electron chi connectivity index (χ2n) is 7.22. The number of hydrogen-bond acceptors (Lipinski definition) is 2. The summed E-state index contributed by atoms with van der Waals surface area (Å²) in [6.07, 6.45) is 0.